The number of piperidine rings is 1. The molecule has 150 valence electrons. The van der Waals surface area contributed by atoms with Crippen LogP contribution in [0.3, 0.4) is 0 Å². The van der Waals surface area contributed by atoms with Crippen LogP contribution in [0.1, 0.15) is 68.1 Å². The second-order valence-electron chi connectivity index (χ2n) is 9.96. The van der Waals surface area contributed by atoms with Gasteiger partial charge in [-0.3, -0.25) is 14.6 Å². The summed E-state index contributed by atoms with van der Waals surface area (Å²) in [5.74, 6) is 2.99. The van der Waals surface area contributed by atoms with Gasteiger partial charge < -0.3 is 10.2 Å². The van der Waals surface area contributed by atoms with Crippen molar-refractivity contribution in [2.75, 3.05) is 13.1 Å². The Hall–Kier alpha value is -1.91. The van der Waals surface area contributed by atoms with Crippen molar-refractivity contribution in [2.24, 2.45) is 23.2 Å². The Labute approximate surface area is 167 Å². The van der Waals surface area contributed by atoms with Crippen molar-refractivity contribution < 1.29 is 9.59 Å². The van der Waals surface area contributed by atoms with Crippen LogP contribution < -0.4 is 5.32 Å². The van der Waals surface area contributed by atoms with E-state index in [2.05, 4.69) is 10.3 Å². The summed E-state index contributed by atoms with van der Waals surface area (Å²) in [6.45, 7) is 1.42. The fourth-order valence-corrected chi connectivity index (χ4v) is 7.03. The van der Waals surface area contributed by atoms with Crippen LogP contribution >= 0.6 is 0 Å². The van der Waals surface area contributed by atoms with Crippen molar-refractivity contribution in [3.05, 3.63) is 30.1 Å². The predicted octanol–water partition coefficient (Wildman–Crippen LogP) is 3.41. The average Bonchev–Trinajstić information content (AvgIpc) is 2.67. The van der Waals surface area contributed by atoms with Crippen LogP contribution in [-0.2, 0) is 4.79 Å². The van der Waals surface area contributed by atoms with Crippen LogP contribution in [0, 0.1) is 23.2 Å². The number of aromatic nitrogens is 1. The molecular formula is C23H31N3O2. The Morgan fingerprint density at radius 1 is 1.00 bits per heavy atom. The van der Waals surface area contributed by atoms with Gasteiger partial charge in [-0.25, -0.2) is 0 Å². The number of amides is 2. The van der Waals surface area contributed by atoms with Gasteiger partial charge in [-0.15, -0.1) is 0 Å². The summed E-state index contributed by atoms with van der Waals surface area (Å²) in [5, 5.41) is 3.31. The molecule has 1 aromatic heterocycles. The van der Waals surface area contributed by atoms with Gasteiger partial charge in [0.15, 0.2) is 0 Å². The number of nitrogens with zero attached hydrogens (tertiary/aromatic N) is 2. The quantitative estimate of drug-likeness (QED) is 0.869. The Kier molecular flexibility index (Phi) is 4.64. The van der Waals surface area contributed by atoms with Crippen molar-refractivity contribution in [1.29, 1.82) is 0 Å². The molecule has 0 radical (unpaired) electrons. The molecule has 5 nitrogen and oxygen atoms in total. The van der Waals surface area contributed by atoms with Crippen molar-refractivity contribution >= 4 is 11.8 Å². The minimum Gasteiger partial charge on any atom is -0.353 e. The maximum atomic E-state index is 12.8. The van der Waals surface area contributed by atoms with Crippen molar-refractivity contribution in [2.45, 2.75) is 63.8 Å². The van der Waals surface area contributed by atoms with E-state index < -0.39 is 0 Å². The first-order chi connectivity index (χ1) is 13.6. The topological polar surface area (TPSA) is 62.3 Å². The number of hydrogen-bond donors (Lipinski definition) is 1. The highest BCUT2D eigenvalue weighted by Crippen LogP contribution is 2.61. The Bertz CT molecular complexity index is 704. The minimum atomic E-state index is 0.0701. The zero-order valence-electron chi connectivity index (χ0n) is 16.6. The number of nitrogens with one attached hydrogen (secondary N) is 1. The number of hydrogen-bond acceptors (Lipinski definition) is 3. The molecule has 4 aliphatic carbocycles. The third kappa shape index (κ3) is 3.56. The standard InChI is InChI=1S/C23H31N3O2/c27-21(15-23-12-16-9-17(13-23)11-18(10-16)14-23)25-20-3-7-26(8-4-20)22(28)19-1-5-24-6-2-19/h1-2,5-6,16-18,20H,3-4,7-15H2,(H,25,27). The number of rotatable bonds is 4. The second-order valence-corrected chi connectivity index (χ2v) is 9.96. The van der Waals surface area contributed by atoms with Crippen molar-refractivity contribution in [1.82, 2.24) is 15.2 Å². The van der Waals surface area contributed by atoms with Gasteiger partial charge in [-0.05, 0) is 86.7 Å². The summed E-state index contributed by atoms with van der Waals surface area (Å²) < 4.78 is 0. The molecule has 5 fully saturated rings. The van der Waals surface area contributed by atoms with E-state index in [9.17, 15) is 9.59 Å². The van der Waals surface area contributed by atoms with Gasteiger partial charge in [0.1, 0.15) is 0 Å². The van der Waals surface area contributed by atoms with Gasteiger partial charge >= 0.3 is 0 Å². The van der Waals surface area contributed by atoms with E-state index >= 15 is 0 Å². The fraction of sp³-hybridized carbons (Fsp3) is 0.696. The highest BCUT2D eigenvalue weighted by molar-refractivity contribution is 5.94. The first-order valence-corrected chi connectivity index (χ1v) is 11.1. The lowest BCUT2D eigenvalue weighted by Crippen LogP contribution is -2.50. The van der Waals surface area contributed by atoms with E-state index in [1.165, 1.54) is 38.5 Å². The molecule has 2 heterocycles. The number of carbonyl (C=O) groups excluding carboxylic acids is 2. The summed E-state index contributed by atoms with van der Waals surface area (Å²) in [5.41, 5.74) is 0.996. The Morgan fingerprint density at radius 2 is 1.57 bits per heavy atom. The van der Waals surface area contributed by atoms with Crippen molar-refractivity contribution in [3.8, 4) is 0 Å². The van der Waals surface area contributed by atoms with Crippen LogP contribution in [0.5, 0.6) is 0 Å². The molecule has 0 unspecified atom stereocenters. The lowest BCUT2D eigenvalue weighted by atomic mass is 9.49. The van der Waals surface area contributed by atoms with Crippen LogP contribution in [0.25, 0.3) is 0 Å². The van der Waals surface area contributed by atoms with E-state index in [-0.39, 0.29) is 17.9 Å². The molecule has 5 heteroatoms. The van der Waals surface area contributed by atoms with Crippen LogP contribution in [0.4, 0.5) is 0 Å². The van der Waals surface area contributed by atoms with Gasteiger partial charge in [-0.2, -0.15) is 0 Å². The van der Waals surface area contributed by atoms with Gasteiger partial charge in [0.2, 0.25) is 5.91 Å². The minimum absolute atomic E-state index is 0.0701. The highest BCUT2D eigenvalue weighted by Gasteiger charge is 2.51. The smallest absolute Gasteiger partial charge is 0.253 e. The molecule has 2 amide bonds. The van der Waals surface area contributed by atoms with Crippen LogP contribution in [0.2, 0.25) is 0 Å². The number of likely N-dealkylation sites (tertiary alicyclic amines) is 1. The first kappa shape index (κ1) is 18.1. The molecule has 0 aromatic carbocycles. The molecule has 1 aliphatic heterocycles. The summed E-state index contributed by atoms with van der Waals surface area (Å²) in [6.07, 6.45) is 13.9. The van der Waals surface area contributed by atoms with E-state index in [4.69, 9.17) is 0 Å². The van der Waals surface area contributed by atoms with Gasteiger partial charge in [0.05, 0.1) is 0 Å². The predicted molar refractivity (Wildman–Crippen MR) is 107 cm³/mol. The molecule has 1 saturated heterocycles. The van der Waals surface area contributed by atoms with Crippen LogP contribution in [-0.4, -0.2) is 40.8 Å². The normalized spacial score (nSPS) is 34.4. The SMILES string of the molecule is O=C(CC12CC3CC(CC(C3)C1)C2)NC1CCN(C(=O)c2ccncc2)CC1. The average molecular weight is 382 g/mol. The zero-order chi connectivity index (χ0) is 19.1. The summed E-state index contributed by atoms with van der Waals surface area (Å²) in [6, 6.07) is 3.74. The molecule has 6 rings (SSSR count). The maximum Gasteiger partial charge on any atom is 0.253 e. The summed E-state index contributed by atoms with van der Waals surface area (Å²) in [7, 11) is 0. The van der Waals surface area contributed by atoms with Gasteiger partial charge in [0, 0.05) is 43.5 Å². The largest absolute Gasteiger partial charge is 0.353 e. The molecule has 0 spiro atoms. The second kappa shape index (κ2) is 7.16. The summed E-state index contributed by atoms with van der Waals surface area (Å²) in [4.78, 5) is 31.3. The van der Waals surface area contributed by atoms with Gasteiger partial charge in [-0.1, -0.05) is 0 Å². The Morgan fingerprint density at radius 3 is 2.14 bits per heavy atom. The van der Waals surface area contributed by atoms with Crippen LogP contribution in [0.15, 0.2) is 24.5 Å². The van der Waals surface area contributed by atoms with E-state index in [1.807, 2.05) is 4.90 Å². The lowest BCUT2D eigenvalue weighted by Gasteiger charge is -2.56. The van der Waals surface area contributed by atoms with E-state index in [1.54, 1.807) is 24.5 Å². The zero-order valence-corrected chi connectivity index (χ0v) is 16.6. The number of pyridine rings is 1. The molecule has 5 aliphatic rings. The molecule has 0 atom stereocenters. The maximum absolute atomic E-state index is 12.8. The molecule has 4 saturated carbocycles. The number of carbonyl (C=O) groups is 2. The third-order valence-electron chi connectivity index (χ3n) is 7.78. The van der Waals surface area contributed by atoms with E-state index in [0.29, 0.717) is 24.1 Å². The molecular weight excluding hydrogens is 350 g/mol. The highest BCUT2D eigenvalue weighted by atomic mass is 16.2. The monoisotopic (exact) mass is 381 g/mol. The molecule has 28 heavy (non-hydrogen) atoms. The first-order valence-electron chi connectivity index (χ1n) is 11.1. The Balaban J connectivity index is 1.12. The molecule has 1 N–H and O–H groups in total. The fourth-order valence-electron chi connectivity index (χ4n) is 7.03. The molecule has 4 bridgehead atoms. The van der Waals surface area contributed by atoms with Gasteiger partial charge in [0.25, 0.3) is 5.91 Å². The van der Waals surface area contributed by atoms with E-state index in [0.717, 1.165) is 37.0 Å². The lowest BCUT2D eigenvalue weighted by molar-refractivity contribution is -0.130. The molecule has 1 aromatic rings. The summed E-state index contributed by atoms with van der Waals surface area (Å²) >= 11 is 0. The third-order valence-corrected chi connectivity index (χ3v) is 7.78. The van der Waals surface area contributed by atoms with Crippen molar-refractivity contribution in [3.63, 3.8) is 0 Å².